The molecule has 37 heavy (non-hydrogen) atoms. The molecule has 1 N–H and O–H groups in total. The van der Waals surface area contributed by atoms with Crippen molar-refractivity contribution in [2.24, 2.45) is 0 Å². The minimum atomic E-state index is -1.26. The number of imidazole rings is 1. The third kappa shape index (κ3) is 5.17. The van der Waals surface area contributed by atoms with Crippen molar-refractivity contribution in [2.75, 3.05) is 13.2 Å². The number of carboxylic acid groups (broad SMARTS) is 1. The molecule has 0 aliphatic rings. The van der Waals surface area contributed by atoms with Gasteiger partial charge in [-0.05, 0) is 55.8 Å². The van der Waals surface area contributed by atoms with Crippen LogP contribution in [0.3, 0.4) is 0 Å². The maximum absolute atomic E-state index is 11.9. The molecule has 8 nitrogen and oxygen atoms in total. The second-order valence-corrected chi connectivity index (χ2v) is 15.9. The number of nitrogens with zero attached hydrogens (tertiary/aromatic N) is 4. The number of aromatic nitrogens is 3. The molecule has 0 spiro atoms. The summed E-state index contributed by atoms with van der Waals surface area (Å²) in [5, 5.41) is 19.9. The summed E-state index contributed by atoms with van der Waals surface area (Å²) in [6, 6.07) is 12.2. The fourth-order valence-electron chi connectivity index (χ4n) is 4.45. The lowest BCUT2D eigenvalue weighted by Crippen LogP contribution is -2.22. The van der Waals surface area contributed by atoms with Gasteiger partial charge in [0, 0.05) is 37.4 Å². The molecular weight excluding hydrogens is 484 g/mol. The quantitative estimate of drug-likeness (QED) is 0.202. The molecule has 2 aromatic carbocycles. The zero-order valence-corrected chi connectivity index (χ0v) is 23.0. The Kier molecular flexibility index (Phi) is 7.25. The second-order valence-electron chi connectivity index (χ2n) is 10.2. The lowest BCUT2D eigenvalue weighted by atomic mass is 9.98. The van der Waals surface area contributed by atoms with E-state index >= 15 is 0 Å². The van der Waals surface area contributed by atoms with Gasteiger partial charge in [0.25, 0.3) is 0 Å². The zero-order valence-electron chi connectivity index (χ0n) is 22.0. The molecule has 0 atom stereocenters. The highest BCUT2D eigenvalue weighted by Crippen LogP contribution is 2.39. The maximum atomic E-state index is 11.9. The van der Waals surface area contributed by atoms with Crippen LogP contribution in [0.25, 0.3) is 27.5 Å². The van der Waals surface area contributed by atoms with E-state index in [4.69, 9.17) is 14.5 Å². The van der Waals surface area contributed by atoms with Gasteiger partial charge in [0.05, 0.1) is 34.8 Å². The Morgan fingerprint density at radius 3 is 2.65 bits per heavy atom. The first-order valence-electron chi connectivity index (χ1n) is 12.2. The first kappa shape index (κ1) is 26.2. The van der Waals surface area contributed by atoms with E-state index in [2.05, 4.69) is 32.3 Å². The molecule has 4 aromatic rings. The predicted octanol–water partition coefficient (Wildman–Crippen LogP) is 6.47. The fourth-order valence-corrected chi connectivity index (χ4v) is 5.21. The average Bonchev–Trinajstić information content (AvgIpc) is 3.43. The van der Waals surface area contributed by atoms with Crippen molar-refractivity contribution < 1.29 is 19.4 Å². The Balaban J connectivity index is 1.88. The Bertz CT molecular complexity index is 1550. The number of rotatable bonds is 9. The highest BCUT2D eigenvalue weighted by atomic mass is 28.3. The van der Waals surface area contributed by atoms with Gasteiger partial charge in [-0.2, -0.15) is 5.26 Å². The smallest absolute Gasteiger partial charge is 0.416 e. The van der Waals surface area contributed by atoms with Crippen LogP contribution in [0.2, 0.25) is 25.7 Å². The average molecular weight is 517 g/mol. The molecule has 0 amide bonds. The van der Waals surface area contributed by atoms with Crippen LogP contribution in [0.4, 0.5) is 4.79 Å². The van der Waals surface area contributed by atoms with Crippen LogP contribution in [-0.4, -0.2) is 46.6 Å². The number of hydrogen-bond acceptors (Lipinski definition) is 5. The number of fused-ring (bicyclic) bond motifs is 2. The Hall–Kier alpha value is -3.87. The van der Waals surface area contributed by atoms with Crippen LogP contribution in [-0.2, 0) is 11.5 Å². The molecule has 0 saturated heterocycles. The summed E-state index contributed by atoms with van der Waals surface area (Å²) < 4.78 is 15.3. The van der Waals surface area contributed by atoms with Gasteiger partial charge in [-0.15, -0.1) is 0 Å². The molecule has 0 bridgehead atoms. The summed E-state index contributed by atoms with van der Waals surface area (Å²) >= 11 is 0. The van der Waals surface area contributed by atoms with E-state index < -0.39 is 14.2 Å². The Labute approximate surface area is 217 Å². The molecule has 0 radical (unpaired) electrons. The van der Waals surface area contributed by atoms with Gasteiger partial charge in [-0.1, -0.05) is 26.2 Å². The summed E-state index contributed by atoms with van der Waals surface area (Å²) in [7, 11) is -1.26. The van der Waals surface area contributed by atoms with Crippen molar-refractivity contribution in [3.63, 3.8) is 0 Å². The summed E-state index contributed by atoms with van der Waals surface area (Å²) in [6.07, 6.45) is 0.472. The summed E-state index contributed by atoms with van der Waals surface area (Å²) in [5.74, 6) is 1.18. The minimum absolute atomic E-state index is 0.274. The topological polar surface area (TPSA) is 102 Å². The third-order valence-corrected chi connectivity index (χ3v) is 8.00. The van der Waals surface area contributed by atoms with Crippen LogP contribution in [0, 0.1) is 18.3 Å². The standard InChI is InChI=1S/C28H32N4O4Si/c1-7-36-24-14-18(2)26-21(10-11-31(26)28(33)34)25(24)19(3)27-30-22-15-20(16-29)8-9-23(22)32(27)17-35-12-13-37(4,5)6/h8-11,14-15H,3,7,12-13,17H2,1-2,4-6H3,(H,33,34). The van der Waals surface area contributed by atoms with Crippen molar-refractivity contribution in [1.82, 2.24) is 14.1 Å². The van der Waals surface area contributed by atoms with Crippen molar-refractivity contribution in [3.8, 4) is 11.8 Å². The van der Waals surface area contributed by atoms with Gasteiger partial charge in [-0.3, -0.25) is 9.13 Å². The van der Waals surface area contributed by atoms with E-state index in [-0.39, 0.29) is 6.73 Å². The van der Waals surface area contributed by atoms with Gasteiger partial charge >= 0.3 is 6.09 Å². The highest BCUT2D eigenvalue weighted by molar-refractivity contribution is 6.76. The molecule has 0 aliphatic heterocycles. The molecule has 2 aromatic heterocycles. The molecular formula is C28H32N4O4Si. The summed E-state index contributed by atoms with van der Waals surface area (Å²) in [5.41, 5.74) is 4.63. The molecule has 0 aliphatic carbocycles. The monoisotopic (exact) mass is 516 g/mol. The summed E-state index contributed by atoms with van der Waals surface area (Å²) in [4.78, 5) is 16.8. The molecule has 0 unspecified atom stereocenters. The van der Waals surface area contributed by atoms with Gasteiger partial charge in [0.2, 0.25) is 0 Å². The number of hydrogen-bond donors (Lipinski definition) is 1. The molecule has 0 fully saturated rings. The normalized spacial score (nSPS) is 11.7. The van der Waals surface area contributed by atoms with Crippen LogP contribution >= 0.6 is 0 Å². The lowest BCUT2D eigenvalue weighted by molar-refractivity contribution is 0.0893. The minimum Gasteiger partial charge on any atom is -0.493 e. The van der Waals surface area contributed by atoms with E-state index in [1.54, 1.807) is 18.2 Å². The fraction of sp³-hybridized carbons (Fsp3) is 0.321. The molecule has 192 valence electrons. The van der Waals surface area contributed by atoms with E-state index in [9.17, 15) is 15.2 Å². The van der Waals surface area contributed by atoms with Gasteiger partial charge in [0.15, 0.2) is 0 Å². The van der Waals surface area contributed by atoms with Crippen LogP contribution < -0.4 is 4.74 Å². The third-order valence-electron chi connectivity index (χ3n) is 6.29. The van der Waals surface area contributed by atoms with E-state index in [1.165, 1.54) is 10.8 Å². The number of aryl methyl sites for hydroxylation is 1. The van der Waals surface area contributed by atoms with Crippen molar-refractivity contribution in [2.45, 2.75) is 46.3 Å². The van der Waals surface area contributed by atoms with Gasteiger partial charge in [-0.25, -0.2) is 9.78 Å². The van der Waals surface area contributed by atoms with E-state index in [1.807, 2.05) is 30.5 Å². The highest BCUT2D eigenvalue weighted by Gasteiger charge is 2.24. The van der Waals surface area contributed by atoms with Crippen molar-refractivity contribution in [1.29, 1.82) is 5.26 Å². The largest absolute Gasteiger partial charge is 0.493 e. The van der Waals surface area contributed by atoms with Gasteiger partial charge < -0.3 is 14.6 Å². The van der Waals surface area contributed by atoms with Crippen LogP contribution in [0.5, 0.6) is 5.75 Å². The molecule has 9 heteroatoms. The Morgan fingerprint density at radius 1 is 1.24 bits per heavy atom. The molecule has 2 heterocycles. The Morgan fingerprint density at radius 2 is 2.00 bits per heavy atom. The van der Waals surface area contributed by atoms with Crippen LogP contribution in [0.1, 0.15) is 29.4 Å². The van der Waals surface area contributed by atoms with Gasteiger partial charge in [0.1, 0.15) is 18.3 Å². The number of nitriles is 1. The lowest BCUT2D eigenvalue weighted by Gasteiger charge is -2.18. The number of benzene rings is 2. The first-order valence-corrected chi connectivity index (χ1v) is 15.9. The zero-order chi connectivity index (χ0) is 26.9. The second kappa shape index (κ2) is 10.2. The molecule has 4 rings (SSSR count). The van der Waals surface area contributed by atoms with Crippen LogP contribution in [0.15, 0.2) is 43.1 Å². The molecule has 0 saturated carbocycles. The number of carbonyl (C=O) groups is 1. The first-order chi connectivity index (χ1) is 17.6. The van der Waals surface area contributed by atoms with Crippen molar-refractivity contribution in [3.05, 3.63) is 65.6 Å². The van der Waals surface area contributed by atoms with E-state index in [0.29, 0.717) is 57.9 Å². The SMILES string of the molecule is C=C(c1c(OCC)cc(C)c2c1ccn2C(=O)O)c1nc2cc(C#N)ccc2n1COCC[Si](C)(C)C. The number of ether oxygens (including phenoxy) is 2. The maximum Gasteiger partial charge on any atom is 0.416 e. The summed E-state index contributed by atoms with van der Waals surface area (Å²) in [6.45, 7) is 16.4. The predicted molar refractivity (Wildman–Crippen MR) is 148 cm³/mol. The van der Waals surface area contributed by atoms with Crippen molar-refractivity contribution >= 4 is 41.7 Å². The van der Waals surface area contributed by atoms with E-state index in [0.717, 1.165) is 17.1 Å².